The fraction of sp³-hybridized carbons (Fsp3) is 0.733. The zero-order valence-corrected chi connectivity index (χ0v) is 13.0. The Morgan fingerprint density at radius 2 is 2.00 bits per heavy atom. The van der Waals surface area contributed by atoms with Gasteiger partial charge < -0.3 is 4.74 Å². The molecule has 4 nitrogen and oxygen atoms in total. The Morgan fingerprint density at radius 3 is 2.47 bits per heavy atom. The molecule has 19 heavy (non-hydrogen) atoms. The molecule has 0 aromatic carbocycles. The number of esters is 1. The summed E-state index contributed by atoms with van der Waals surface area (Å²) in [7, 11) is 0. The molecule has 0 aliphatic carbocycles. The highest BCUT2D eigenvalue weighted by Crippen LogP contribution is 2.23. The molecule has 1 aliphatic heterocycles. The summed E-state index contributed by atoms with van der Waals surface area (Å²) in [4.78, 5) is 12.2. The van der Waals surface area contributed by atoms with Gasteiger partial charge in [-0.15, -0.1) is 0 Å². The highest BCUT2D eigenvalue weighted by atomic mass is 16.6. The lowest BCUT2D eigenvalue weighted by atomic mass is 10.1. The van der Waals surface area contributed by atoms with E-state index in [1.165, 1.54) is 0 Å². The molecular weight excluding hydrogens is 240 g/mol. The lowest BCUT2D eigenvalue weighted by Gasteiger charge is -2.19. The Bertz CT molecular complexity index is 428. The van der Waals surface area contributed by atoms with Gasteiger partial charge in [-0.25, -0.2) is 4.79 Å². The monoisotopic (exact) mass is 267 g/mol. The molecule has 0 saturated heterocycles. The van der Waals surface area contributed by atoms with E-state index in [-0.39, 0.29) is 12.0 Å². The average molecular weight is 267 g/mol. The molecule has 0 aromatic rings. The predicted molar refractivity (Wildman–Crippen MR) is 77.2 cm³/mol. The third-order valence-electron chi connectivity index (χ3n) is 3.41. The fourth-order valence-electron chi connectivity index (χ4n) is 2.23. The first-order chi connectivity index (χ1) is 8.69. The number of carbonyl (C=O) groups excluding carboxylic acids is 1. The minimum Gasteiger partial charge on any atom is -0.456 e. The number of ether oxygens (including phenoxy) is 1. The number of carbonyl (C=O) groups is 1. The van der Waals surface area contributed by atoms with E-state index in [1.54, 1.807) is 0 Å². The van der Waals surface area contributed by atoms with Crippen LogP contribution < -0.4 is 5.73 Å². The molecule has 2 N–H and O–H groups in total. The SMILES string of the molecule is CCCC[N+]1=C(N)C(C(=O)OC(C)(C)C)=C(C)C1C. The first-order valence-corrected chi connectivity index (χ1v) is 7.02. The molecule has 0 spiro atoms. The summed E-state index contributed by atoms with van der Waals surface area (Å²) in [6.07, 6.45) is 2.18. The van der Waals surface area contributed by atoms with Crippen LogP contribution >= 0.6 is 0 Å². The van der Waals surface area contributed by atoms with Gasteiger partial charge in [-0.05, 0) is 46.6 Å². The number of unbranched alkanes of at least 4 members (excludes halogenated alkanes) is 1. The molecular formula is C15H27N2O2+. The lowest BCUT2D eigenvalue weighted by molar-refractivity contribution is -0.550. The van der Waals surface area contributed by atoms with Crippen LogP contribution in [0.2, 0.25) is 0 Å². The maximum absolute atomic E-state index is 12.2. The highest BCUT2D eigenvalue weighted by Gasteiger charge is 2.37. The molecule has 1 aliphatic rings. The van der Waals surface area contributed by atoms with Crippen LogP contribution in [0.25, 0.3) is 0 Å². The summed E-state index contributed by atoms with van der Waals surface area (Å²) in [6, 6.07) is 0.175. The van der Waals surface area contributed by atoms with Gasteiger partial charge in [0.15, 0.2) is 5.57 Å². The number of hydrogen-bond donors (Lipinski definition) is 1. The van der Waals surface area contributed by atoms with Gasteiger partial charge in [-0.3, -0.25) is 10.3 Å². The summed E-state index contributed by atoms with van der Waals surface area (Å²) < 4.78 is 7.53. The van der Waals surface area contributed by atoms with E-state index in [1.807, 2.05) is 27.7 Å². The third-order valence-corrected chi connectivity index (χ3v) is 3.41. The summed E-state index contributed by atoms with van der Waals surface area (Å²) in [5, 5.41) is 0. The molecule has 1 atom stereocenters. The number of hydrogen-bond acceptors (Lipinski definition) is 3. The van der Waals surface area contributed by atoms with Crippen molar-refractivity contribution in [2.75, 3.05) is 6.54 Å². The second-order valence-electron chi connectivity index (χ2n) is 6.17. The minimum absolute atomic E-state index is 0.175. The molecule has 0 fully saturated rings. The van der Waals surface area contributed by atoms with Crippen LogP contribution in [0.4, 0.5) is 0 Å². The van der Waals surface area contributed by atoms with Crippen LogP contribution in [-0.4, -0.2) is 34.6 Å². The molecule has 1 unspecified atom stereocenters. The van der Waals surface area contributed by atoms with Gasteiger partial charge in [0.1, 0.15) is 11.6 Å². The van der Waals surface area contributed by atoms with Gasteiger partial charge in [0, 0.05) is 0 Å². The van der Waals surface area contributed by atoms with Gasteiger partial charge in [0.25, 0.3) is 5.84 Å². The van der Waals surface area contributed by atoms with E-state index < -0.39 is 5.60 Å². The van der Waals surface area contributed by atoms with E-state index in [0.29, 0.717) is 11.4 Å². The Hall–Kier alpha value is -1.32. The molecule has 0 radical (unpaired) electrons. The molecule has 108 valence electrons. The zero-order valence-electron chi connectivity index (χ0n) is 13.0. The second-order valence-corrected chi connectivity index (χ2v) is 6.17. The highest BCUT2D eigenvalue weighted by molar-refractivity contribution is 6.17. The van der Waals surface area contributed by atoms with Crippen molar-refractivity contribution in [1.29, 1.82) is 0 Å². The van der Waals surface area contributed by atoms with Crippen LogP contribution in [0, 0.1) is 0 Å². The minimum atomic E-state index is -0.495. The molecule has 0 saturated carbocycles. The van der Waals surface area contributed by atoms with Crippen molar-refractivity contribution in [3.63, 3.8) is 0 Å². The van der Waals surface area contributed by atoms with Crippen molar-refractivity contribution in [3.05, 3.63) is 11.1 Å². The molecule has 0 amide bonds. The Kier molecular flexibility index (Phi) is 4.77. The Morgan fingerprint density at radius 1 is 1.42 bits per heavy atom. The lowest BCUT2D eigenvalue weighted by Crippen LogP contribution is -2.34. The van der Waals surface area contributed by atoms with Crippen LogP contribution in [0.15, 0.2) is 11.1 Å². The second kappa shape index (κ2) is 5.76. The summed E-state index contributed by atoms with van der Waals surface area (Å²) >= 11 is 0. The van der Waals surface area contributed by atoms with E-state index in [9.17, 15) is 4.79 Å². The molecule has 4 heteroatoms. The van der Waals surface area contributed by atoms with Crippen molar-refractivity contribution >= 4 is 11.8 Å². The molecule has 0 bridgehead atoms. The maximum Gasteiger partial charge on any atom is 0.347 e. The zero-order chi connectivity index (χ0) is 14.8. The quantitative estimate of drug-likeness (QED) is 0.627. The topological polar surface area (TPSA) is 55.3 Å². The van der Waals surface area contributed by atoms with Gasteiger partial charge in [0.2, 0.25) is 0 Å². The van der Waals surface area contributed by atoms with E-state index >= 15 is 0 Å². The molecule has 1 rings (SSSR count). The first-order valence-electron chi connectivity index (χ1n) is 7.02. The van der Waals surface area contributed by atoms with Crippen molar-refractivity contribution in [2.45, 2.75) is 66.0 Å². The van der Waals surface area contributed by atoms with Gasteiger partial charge >= 0.3 is 5.97 Å². The number of nitrogens with two attached hydrogens (primary N) is 1. The average Bonchev–Trinajstić information content (AvgIpc) is 2.46. The standard InChI is InChI=1S/C15H26N2O2/c1-7-8-9-17-11(3)10(2)12(13(17)16)14(18)19-15(4,5)6/h11,16H,7-9H2,1-6H3/p+1. The van der Waals surface area contributed by atoms with Crippen molar-refractivity contribution in [1.82, 2.24) is 0 Å². The van der Waals surface area contributed by atoms with E-state index in [4.69, 9.17) is 10.5 Å². The predicted octanol–water partition coefficient (Wildman–Crippen LogP) is 2.22. The number of nitrogens with zero attached hydrogens (tertiary/aromatic N) is 1. The Labute approximate surface area is 116 Å². The fourth-order valence-corrected chi connectivity index (χ4v) is 2.23. The number of amidine groups is 1. The first kappa shape index (κ1) is 15.7. The summed E-state index contributed by atoms with van der Waals surface area (Å²) in [5.74, 6) is 0.251. The smallest absolute Gasteiger partial charge is 0.347 e. The third kappa shape index (κ3) is 3.58. The normalized spacial score (nSPS) is 20.2. The maximum atomic E-state index is 12.2. The Balaban J connectivity index is 2.99. The van der Waals surface area contributed by atoms with Crippen molar-refractivity contribution in [2.24, 2.45) is 5.73 Å². The van der Waals surface area contributed by atoms with Crippen LogP contribution in [-0.2, 0) is 9.53 Å². The van der Waals surface area contributed by atoms with Crippen molar-refractivity contribution < 1.29 is 14.1 Å². The summed E-state index contributed by atoms with van der Waals surface area (Å²) in [6.45, 7) is 12.7. The van der Waals surface area contributed by atoms with E-state index in [0.717, 1.165) is 25.0 Å². The van der Waals surface area contributed by atoms with Crippen molar-refractivity contribution in [3.8, 4) is 0 Å². The van der Waals surface area contributed by atoms with Gasteiger partial charge in [-0.2, -0.15) is 0 Å². The summed E-state index contributed by atoms with van der Waals surface area (Å²) in [5.41, 5.74) is 7.21. The van der Waals surface area contributed by atoms with Crippen LogP contribution in [0.5, 0.6) is 0 Å². The van der Waals surface area contributed by atoms with Gasteiger partial charge in [-0.1, -0.05) is 13.3 Å². The largest absolute Gasteiger partial charge is 0.456 e. The van der Waals surface area contributed by atoms with E-state index in [2.05, 4.69) is 18.4 Å². The van der Waals surface area contributed by atoms with Crippen LogP contribution in [0.3, 0.4) is 0 Å². The molecule has 0 aromatic heterocycles. The van der Waals surface area contributed by atoms with Gasteiger partial charge in [0.05, 0.1) is 6.54 Å². The molecule has 1 heterocycles. The number of rotatable bonds is 4. The van der Waals surface area contributed by atoms with Crippen LogP contribution in [0.1, 0.15) is 54.4 Å².